The number of piperidine rings is 1. The van der Waals surface area contributed by atoms with Gasteiger partial charge in [-0.1, -0.05) is 24.3 Å². The summed E-state index contributed by atoms with van der Waals surface area (Å²) in [6.07, 6.45) is 2.15. The van der Waals surface area contributed by atoms with Crippen molar-refractivity contribution in [3.8, 4) is 0 Å². The van der Waals surface area contributed by atoms with Gasteiger partial charge in [-0.05, 0) is 64.5 Å². The highest BCUT2D eigenvalue weighted by atomic mass is 19.1. The molecule has 0 bridgehead atoms. The summed E-state index contributed by atoms with van der Waals surface area (Å²) in [6, 6.07) is 12.6. The third-order valence-corrected chi connectivity index (χ3v) is 5.65. The first-order valence-corrected chi connectivity index (χ1v) is 10.8. The average Bonchev–Trinajstić information content (AvgIpc) is 2.72. The van der Waals surface area contributed by atoms with Gasteiger partial charge in [-0.15, -0.1) is 0 Å². The Bertz CT molecular complexity index is 841. The van der Waals surface area contributed by atoms with Crippen LogP contribution in [-0.4, -0.2) is 72.4 Å². The van der Waals surface area contributed by atoms with Gasteiger partial charge in [-0.25, -0.2) is 9.37 Å². The van der Waals surface area contributed by atoms with E-state index in [1.54, 1.807) is 12.1 Å². The fourth-order valence-corrected chi connectivity index (χ4v) is 4.04. The van der Waals surface area contributed by atoms with E-state index in [0.29, 0.717) is 31.2 Å². The highest BCUT2D eigenvalue weighted by molar-refractivity contribution is 5.92. The predicted octanol–water partition coefficient (Wildman–Crippen LogP) is 3.45. The number of aryl methyl sites for hydroxylation is 1. The Morgan fingerprint density at radius 3 is 2.70 bits per heavy atom. The number of aromatic nitrogens is 1. The zero-order chi connectivity index (χ0) is 21.5. The first kappa shape index (κ1) is 22.4. The second kappa shape index (κ2) is 10.6. The summed E-state index contributed by atoms with van der Waals surface area (Å²) >= 11 is 0. The number of likely N-dealkylation sites (N-methyl/N-ethyl adjacent to an activating group) is 1. The van der Waals surface area contributed by atoms with Crippen molar-refractivity contribution in [2.45, 2.75) is 26.3 Å². The number of amides is 1. The van der Waals surface area contributed by atoms with Crippen LogP contribution >= 0.6 is 0 Å². The SMILES string of the molecule is Cc1cccc(C(=O)N(CCN(C)C)CC2CCCN(Cc3ccccc3F)C2)n1. The van der Waals surface area contributed by atoms with Crippen LogP contribution in [0.15, 0.2) is 42.5 Å². The van der Waals surface area contributed by atoms with E-state index in [9.17, 15) is 9.18 Å². The van der Waals surface area contributed by atoms with E-state index < -0.39 is 0 Å². The summed E-state index contributed by atoms with van der Waals surface area (Å²) in [5.74, 6) is 0.223. The van der Waals surface area contributed by atoms with Gasteiger partial charge in [0.2, 0.25) is 0 Å². The van der Waals surface area contributed by atoms with E-state index in [4.69, 9.17) is 0 Å². The number of rotatable bonds is 8. The topological polar surface area (TPSA) is 39.7 Å². The second-order valence-electron chi connectivity index (χ2n) is 8.55. The molecule has 5 nitrogen and oxygen atoms in total. The van der Waals surface area contributed by atoms with Crippen molar-refractivity contribution in [2.75, 3.05) is 46.8 Å². The molecule has 0 aliphatic carbocycles. The number of hydrogen-bond donors (Lipinski definition) is 0. The molecule has 1 aliphatic heterocycles. The van der Waals surface area contributed by atoms with E-state index in [1.165, 1.54) is 6.07 Å². The minimum Gasteiger partial charge on any atom is -0.336 e. The molecule has 0 saturated carbocycles. The van der Waals surface area contributed by atoms with Crippen LogP contribution in [0.25, 0.3) is 0 Å². The third-order valence-electron chi connectivity index (χ3n) is 5.65. The van der Waals surface area contributed by atoms with Crippen LogP contribution in [-0.2, 0) is 6.54 Å². The van der Waals surface area contributed by atoms with Crippen LogP contribution in [0.1, 0.15) is 34.6 Å². The quantitative estimate of drug-likeness (QED) is 0.666. The van der Waals surface area contributed by atoms with E-state index in [1.807, 2.05) is 50.2 Å². The highest BCUT2D eigenvalue weighted by Gasteiger charge is 2.26. The van der Waals surface area contributed by atoms with Gasteiger partial charge >= 0.3 is 0 Å². The lowest BCUT2D eigenvalue weighted by Crippen LogP contribution is -2.44. The van der Waals surface area contributed by atoms with Crippen molar-refractivity contribution in [3.63, 3.8) is 0 Å². The molecule has 0 spiro atoms. The minimum atomic E-state index is -0.145. The molecule has 1 aliphatic rings. The van der Waals surface area contributed by atoms with Gasteiger partial charge in [0.25, 0.3) is 5.91 Å². The fraction of sp³-hybridized carbons (Fsp3) is 0.500. The van der Waals surface area contributed by atoms with Gasteiger partial charge in [-0.2, -0.15) is 0 Å². The first-order valence-electron chi connectivity index (χ1n) is 10.8. The smallest absolute Gasteiger partial charge is 0.272 e. The summed E-state index contributed by atoms with van der Waals surface area (Å²) in [4.78, 5) is 24.0. The number of carbonyl (C=O) groups excluding carboxylic acids is 1. The minimum absolute atomic E-state index is 0.00761. The Labute approximate surface area is 179 Å². The molecule has 30 heavy (non-hydrogen) atoms. The van der Waals surface area contributed by atoms with Gasteiger partial charge in [0.15, 0.2) is 0 Å². The number of carbonyl (C=O) groups is 1. The molecular weight excluding hydrogens is 379 g/mol. The lowest BCUT2D eigenvalue weighted by molar-refractivity contribution is 0.0654. The molecule has 6 heteroatoms. The van der Waals surface area contributed by atoms with E-state index >= 15 is 0 Å². The number of pyridine rings is 1. The number of hydrogen-bond acceptors (Lipinski definition) is 4. The molecule has 1 aromatic heterocycles. The van der Waals surface area contributed by atoms with Crippen LogP contribution in [0.4, 0.5) is 4.39 Å². The first-order chi connectivity index (χ1) is 14.4. The summed E-state index contributed by atoms with van der Waals surface area (Å²) in [6.45, 7) is 6.55. The molecule has 1 amide bonds. The lowest BCUT2D eigenvalue weighted by atomic mass is 9.96. The normalized spacial score (nSPS) is 17.3. The van der Waals surface area contributed by atoms with Crippen LogP contribution in [0, 0.1) is 18.7 Å². The number of likely N-dealkylation sites (tertiary alicyclic amines) is 1. The lowest BCUT2D eigenvalue weighted by Gasteiger charge is -2.36. The van der Waals surface area contributed by atoms with Crippen molar-refractivity contribution in [3.05, 3.63) is 65.2 Å². The van der Waals surface area contributed by atoms with Crippen LogP contribution in [0.5, 0.6) is 0 Å². The third kappa shape index (κ3) is 6.34. The molecule has 0 radical (unpaired) electrons. The maximum absolute atomic E-state index is 14.1. The summed E-state index contributed by atoms with van der Waals surface area (Å²) in [5.41, 5.74) is 2.09. The molecule has 1 saturated heterocycles. The highest BCUT2D eigenvalue weighted by Crippen LogP contribution is 2.21. The van der Waals surface area contributed by atoms with Crippen LogP contribution in [0.3, 0.4) is 0 Å². The van der Waals surface area contributed by atoms with Crippen molar-refractivity contribution in [1.29, 1.82) is 0 Å². The molecule has 3 rings (SSSR count). The molecule has 1 atom stereocenters. The van der Waals surface area contributed by atoms with E-state index in [-0.39, 0.29) is 11.7 Å². The molecule has 2 heterocycles. The maximum Gasteiger partial charge on any atom is 0.272 e. The fourth-order valence-electron chi connectivity index (χ4n) is 4.04. The Hall–Kier alpha value is -2.31. The second-order valence-corrected chi connectivity index (χ2v) is 8.55. The number of halogens is 1. The molecule has 1 unspecified atom stereocenters. The number of nitrogens with zero attached hydrogens (tertiary/aromatic N) is 4. The van der Waals surface area contributed by atoms with Crippen LogP contribution in [0.2, 0.25) is 0 Å². The molecule has 1 aromatic carbocycles. The molecule has 162 valence electrons. The Morgan fingerprint density at radius 2 is 1.97 bits per heavy atom. The monoisotopic (exact) mass is 412 g/mol. The maximum atomic E-state index is 14.1. The standard InChI is InChI=1S/C24H33FN4O/c1-19-8-6-12-23(26-19)24(30)29(15-14-27(2)3)17-20-9-7-13-28(16-20)18-21-10-4-5-11-22(21)25/h4-6,8,10-12,20H,7,9,13-18H2,1-3H3. The molecule has 1 fully saturated rings. The molecule has 2 aromatic rings. The Morgan fingerprint density at radius 1 is 1.17 bits per heavy atom. The van der Waals surface area contributed by atoms with Crippen molar-refractivity contribution >= 4 is 5.91 Å². The van der Waals surface area contributed by atoms with Gasteiger partial charge in [0, 0.05) is 44.0 Å². The van der Waals surface area contributed by atoms with Crippen LogP contribution < -0.4 is 0 Å². The largest absolute Gasteiger partial charge is 0.336 e. The summed E-state index contributed by atoms with van der Waals surface area (Å²) in [7, 11) is 4.04. The zero-order valence-electron chi connectivity index (χ0n) is 18.4. The van der Waals surface area contributed by atoms with Gasteiger partial charge in [-0.3, -0.25) is 9.69 Å². The number of benzene rings is 1. The Kier molecular flexibility index (Phi) is 7.94. The summed E-state index contributed by atoms with van der Waals surface area (Å²) < 4.78 is 14.1. The zero-order valence-corrected chi connectivity index (χ0v) is 18.4. The van der Waals surface area contributed by atoms with Crippen molar-refractivity contribution in [2.24, 2.45) is 5.92 Å². The van der Waals surface area contributed by atoms with Gasteiger partial charge in [0.05, 0.1) is 0 Å². The van der Waals surface area contributed by atoms with Crippen molar-refractivity contribution < 1.29 is 9.18 Å². The van der Waals surface area contributed by atoms with Crippen molar-refractivity contribution in [1.82, 2.24) is 19.7 Å². The van der Waals surface area contributed by atoms with E-state index in [2.05, 4.69) is 14.8 Å². The van der Waals surface area contributed by atoms with Gasteiger partial charge in [0.1, 0.15) is 11.5 Å². The Balaban J connectivity index is 1.67. The molecular formula is C24H33FN4O. The average molecular weight is 413 g/mol. The van der Waals surface area contributed by atoms with E-state index in [0.717, 1.165) is 43.7 Å². The molecule has 0 N–H and O–H groups in total. The predicted molar refractivity (Wildman–Crippen MR) is 118 cm³/mol. The van der Waals surface area contributed by atoms with Gasteiger partial charge < -0.3 is 9.80 Å². The summed E-state index contributed by atoms with van der Waals surface area (Å²) in [5, 5.41) is 0.